The number of nitrogens with two attached hydrogens (primary N) is 2. The Morgan fingerprint density at radius 3 is 2.46 bits per heavy atom. The van der Waals surface area contributed by atoms with Crippen molar-refractivity contribution in [1.29, 1.82) is 0 Å². The Balaban J connectivity index is 1.83. The minimum absolute atomic E-state index is 0.0637. The largest absolute Gasteiger partial charge is 0.481 e. The predicted molar refractivity (Wildman–Crippen MR) is 131 cm³/mol. The summed E-state index contributed by atoms with van der Waals surface area (Å²) in [6, 6.07) is 7.44. The van der Waals surface area contributed by atoms with Crippen molar-refractivity contribution in [3.8, 4) is 5.75 Å². The van der Waals surface area contributed by atoms with Gasteiger partial charge in [0.15, 0.2) is 17.5 Å². The van der Waals surface area contributed by atoms with E-state index in [9.17, 15) is 28.7 Å². The lowest BCUT2D eigenvalue weighted by molar-refractivity contribution is -0.149. The number of carbonyl (C=O) groups excluding carboxylic acids is 2. The van der Waals surface area contributed by atoms with E-state index in [1.807, 2.05) is 0 Å². The van der Waals surface area contributed by atoms with Crippen molar-refractivity contribution in [3.63, 3.8) is 0 Å². The number of ether oxygens (including phenoxy) is 1. The van der Waals surface area contributed by atoms with E-state index in [0.717, 1.165) is 6.07 Å². The number of esters is 1. The number of hydrogen-bond donors (Lipinski definition) is 4. The van der Waals surface area contributed by atoms with Crippen LogP contribution in [0.3, 0.4) is 0 Å². The summed E-state index contributed by atoms with van der Waals surface area (Å²) in [6.45, 7) is 0. The van der Waals surface area contributed by atoms with Crippen LogP contribution in [0.5, 0.6) is 5.75 Å². The maximum Gasteiger partial charge on any atom is 0.343 e. The Morgan fingerprint density at radius 1 is 1.05 bits per heavy atom. The molecule has 1 atom stereocenters. The van der Waals surface area contributed by atoms with Gasteiger partial charge in [-0.15, -0.1) is 0 Å². The monoisotopic (exact) mass is 513 g/mol. The van der Waals surface area contributed by atoms with Crippen molar-refractivity contribution >= 4 is 35.3 Å². The normalized spacial score (nSPS) is 13.9. The highest BCUT2D eigenvalue weighted by Gasteiger charge is 2.25. The summed E-state index contributed by atoms with van der Waals surface area (Å²) in [7, 11) is 0. The average molecular weight is 514 g/mol. The van der Waals surface area contributed by atoms with E-state index in [4.69, 9.17) is 21.3 Å². The van der Waals surface area contributed by atoms with Gasteiger partial charge in [-0.25, -0.2) is 14.2 Å². The molecule has 1 heterocycles. The van der Waals surface area contributed by atoms with Gasteiger partial charge in [-0.05, 0) is 67.5 Å². The third-order valence-electron chi connectivity index (χ3n) is 6.11. The highest BCUT2D eigenvalue weighted by atomic mass is 19.1. The second-order valence-electron chi connectivity index (χ2n) is 8.86. The van der Waals surface area contributed by atoms with Crippen LogP contribution >= 0.6 is 0 Å². The number of hydrogen-bond acceptors (Lipinski definition) is 6. The minimum atomic E-state index is -1.35. The van der Waals surface area contributed by atoms with Gasteiger partial charge in [-0.3, -0.25) is 14.4 Å². The van der Waals surface area contributed by atoms with Crippen molar-refractivity contribution in [1.82, 2.24) is 0 Å². The number of halogens is 1. The van der Waals surface area contributed by atoms with Gasteiger partial charge >= 0.3 is 17.9 Å². The van der Waals surface area contributed by atoms with Crippen LogP contribution in [0.4, 0.5) is 10.1 Å². The zero-order valence-corrected chi connectivity index (χ0v) is 20.0. The molecule has 2 aromatic carbocycles. The molecule has 1 aliphatic rings. The first-order valence-corrected chi connectivity index (χ1v) is 11.8. The summed E-state index contributed by atoms with van der Waals surface area (Å²) < 4.78 is 20.3. The van der Waals surface area contributed by atoms with Crippen LogP contribution in [-0.2, 0) is 33.6 Å². The number of aliphatic imine (C=N–C) groups is 1. The number of guanidine groups is 1. The number of carboxylic acid groups (broad SMARTS) is 2. The molecule has 0 fully saturated rings. The number of aryl methyl sites for hydroxylation is 2. The number of rotatable bonds is 9. The molecule has 11 heteroatoms. The Kier molecular flexibility index (Phi) is 8.94. The van der Waals surface area contributed by atoms with E-state index < -0.39 is 48.3 Å². The summed E-state index contributed by atoms with van der Waals surface area (Å²) in [5.74, 6) is -6.18. The molecule has 0 saturated carbocycles. The number of carboxylic acids is 2. The van der Waals surface area contributed by atoms with Crippen LogP contribution in [0.15, 0.2) is 35.3 Å². The molecule has 6 N–H and O–H groups in total. The zero-order chi connectivity index (χ0) is 27.1. The second-order valence-corrected chi connectivity index (χ2v) is 8.86. The maximum absolute atomic E-state index is 14.8. The molecule has 0 aromatic heterocycles. The highest BCUT2D eigenvalue weighted by molar-refractivity contribution is 5.93. The first-order valence-electron chi connectivity index (χ1n) is 11.8. The summed E-state index contributed by atoms with van der Waals surface area (Å²) >= 11 is 0. The topological polar surface area (TPSA) is 182 Å². The van der Waals surface area contributed by atoms with Gasteiger partial charge in [-0.2, -0.15) is 0 Å². The second kappa shape index (κ2) is 12.1. The van der Waals surface area contributed by atoms with Crippen molar-refractivity contribution in [2.45, 2.75) is 51.4 Å². The molecule has 0 aliphatic carbocycles. The fourth-order valence-electron chi connectivity index (χ4n) is 4.34. The molecule has 196 valence electrons. The van der Waals surface area contributed by atoms with Crippen LogP contribution in [-0.4, -0.2) is 39.9 Å². The number of fused-ring (bicyclic) bond motifs is 2. The van der Waals surface area contributed by atoms with Gasteiger partial charge in [-0.1, -0.05) is 6.07 Å². The van der Waals surface area contributed by atoms with Crippen molar-refractivity contribution < 1.29 is 38.5 Å². The summed E-state index contributed by atoms with van der Waals surface area (Å²) in [5.41, 5.74) is 13.4. The summed E-state index contributed by atoms with van der Waals surface area (Å²) in [6.07, 6.45) is 1.27. The SMILES string of the molecule is NC(N)=Nc1ccc2c(c1)CCCCc1c(CCC(=O)C[C@@H](CC(=O)O)C(=O)O)ccc(F)c1OC2=O. The number of aliphatic carboxylic acids is 2. The van der Waals surface area contributed by atoms with E-state index >= 15 is 0 Å². The van der Waals surface area contributed by atoms with Gasteiger partial charge in [0.2, 0.25) is 0 Å². The molecular formula is C26H28FN3O7. The Bertz CT molecular complexity index is 1250. The zero-order valence-electron chi connectivity index (χ0n) is 20.0. The fourth-order valence-corrected chi connectivity index (χ4v) is 4.34. The minimum Gasteiger partial charge on any atom is -0.481 e. The Labute approximate surface area is 212 Å². The van der Waals surface area contributed by atoms with Gasteiger partial charge < -0.3 is 26.4 Å². The van der Waals surface area contributed by atoms with Crippen LogP contribution in [0.2, 0.25) is 0 Å². The summed E-state index contributed by atoms with van der Waals surface area (Å²) in [4.78, 5) is 51.5. The lowest BCUT2D eigenvalue weighted by Crippen LogP contribution is -2.22. The lowest BCUT2D eigenvalue weighted by Gasteiger charge is -2.19. The highest BCUT2D eigenvalue weighted by Crippen LogP contribution is 2.32. The molecule has 0 saturated heterocycles. The Morgan fingerprint density at radius 2 is 1.78 bits per heavy atom. The van der Waals surface area contributed by atoms with Gasteiger partial charge in [0.05, 0.1) is 23.6 Å². The molecule has 3 rings (SSSR count). The predicted octanol–water partition coefficient (Wildman–Crippen LogP) is 2.90. The number of Topliss-reactive ketones (excluding diaryl/α,β-unsaturated/α-hetero) is 1. The molecule has 0 spiro atoms. The van der Waals surface area contributed by atoms with Crippen LogP contribution in [0.25, 0.3) is 0 Å². The maximum atomic E-state index is 14.8. The molecule has 0 radical (unpaired) electrons. The van der Waals surface area contributed by atoms with Crippen molar-refractivity contribution in [3.05, 3.63) is 58.4 Å². The standard InChI is InChI=1S/C26H28FN3O7/c27-21-10-6-14(5-8-18(31)12-16(24(34)35)13-22(32)33)19-4-2-1-3-15-11-17(30-26(28)29)7-9-20(15)25(36)37-23(19)21/h6-7,9-11,16H,1-5,8,12-13H2,(H,32,33)(H,34,35)(H4,28,29,30)/t16-/m0/s1. The van der Waals surface area contributed by atoms with E-state index in [2.05, 4.69) is 4.99 Å². The number of benzene rings is 2. The number of carbonyl (C=O) groups is 4. The van der Waals surface area contributed by atoms with Crippen LogP contribution in [0, 0.1) is 11.7 Å². The average Bonchev–Trinajstić information content (AvgIpc) is 2.81. The lowest BCUT2D eigenvalue weighted by atomic mass is 9.92. The van der Waals surface area contributed by atoms with E-state index in [0.29, 0.717) is 48.1 Å². The van der Waals surface area contributed by atoms with E-state index in [-0.39, 0.29) is 30.1 Å². The smallest absolute Gasteiger partial charge is 0.343 e. The quantitative estimate of drug-likeness (QED) is 0.169. The number of ketones is 1. The Hall–Kier alpha value is -4.28. The molecule has 0 amide bonds. The first-order chi connectivity index (χ1) is 17.5. The third kappa shape index (κ3) is 7.35. The molecule has 1 aliphatic heterocycles. The van der Waals surface area contributed by atoms with Crippen molar-refractivity contribution in [2.24, 2.45) is 22.4 Å². The molecule has 0 bridgehead atoms. The fraction of sp³-hybridized carbons (Fsp3) is 0.346. The van der Waals surface area contributed by atoms with Gasteiger partial charge in [0, 0.05) is 18.4 Å². The van der Waals surface area contributed by atoms with Crippen LogP contribution in [0.1, 0.15) is 59.2 Å². The molecule has 10 nitrogen and oxygen atoms in total. The van der Waals surface area contributed by atoms with Crippen molar-refractivity contribution in [2.75, 3.05) is 0 Å². The molecule has 37 heavy (non-hydrogen) atoms. The van der Waals surface area contributed by atoms with Crippen LogP contribution < -0.4 is 16.2 Å². The van der Waals surface area contributed by atoms with Gasteiger partial charge in [0.25, 0.3) is 0 Å². The number of nitrogens with zero attached hydrogens (tertiary/aromatic N) is 1. The first kappa shape index (κ1) is 27.3. The molecule has 0 unspecified atom stereocenters. The van der Waals surface area contributed by atoms with E-state index in [1.54, 1.807) is 12.1 Å². The summed E-state index contributed by atoms with van der Waals surface area (Å²) in [5, 5.41) is 18.0. The molecular weight excluding hydrogens is 485 g/mol. The van der Waals surface area contributed by atoms with Gasteiger partial charge in [0.1, 0.15) is 5.78 Å². The third-order valence-corrected chi connectivity index (χ3v) is 6.11. The molecule has 2 aromatic rings. The van der Waals surface area contributed by atoms with E-state index in [1.165, 1.54) is 12.1 Å².